The minimum atomic E-state index is -2.96. The molecule has 2 aromatic carbocycles. The Morgan fingerprint density at radius 1 is 1.12 bits per heavy atom. The van der Waals surface area contributed by atoms with Crippen molar-refractivity contribution in [2.24, 2.45) is 0 Å². The van der Waals surface area contributed by atoms with Gasteiger partial charge in [-0.1, -0.05) is 30.3 Å². The van der Waals surface area contributed by atoms with Crippen LogP contribution in [0.3, 0.4) is 0 Å². The first-order chi connectivity index (χ1) is 12.6. The van der Waals surface area contributed by atoms with E-state index in [2.05, 4.69) is 15.0 Å². The molecule has 1 N–H and O–H groups in total. The number of hydrogen-bond donors (Lipinski definition) is 1. The van der Waals surface area contributed by atoms with Gasteiger partial charge in [-0.25, -0.2) is 0 Å². The number of carbonyl (C=O) groups excluding carboxylic acids is 1. The van der Waals surface area contributed by atoms with Crippen molar-refractivity contribution in [1.29, 1.82) is 0 Å². The summed E-state index contributed by atoms with van der Waals surface area (Å²) in [5.74, 6) is -0.0620. The number of aromatic nitrogens is 1. The van der Waals surface area contributed by atoms with E-state index in [0.29, 0.717) is 11.5 Å². The predicted octanol–water partition coefficient (Wildman–Crippen LogP) is 4.97. The van der Waals surface area contributed by atoms with Crippen LogP contribution < -0.4 is 10.1 Å². The van der Waals surface area contributed by atoms with Crippen molar-refractivity contribution in [3.8, 4) is 5.75 Å². The van der Waals surface area contributed by atoms with Crippen molar-refractivity contribution in [3.63, 3.8) is 0 Å². The van der Waals surface area contributed by atoms with E-state index >= 15 is 0 Å². The van der Waals surface area contributed by atoms with Gasteiger partial charge in [-0.3, -0.25) is 9.78 Å². The van der Waals surface area contributed by atoms with Crippen LogP contribution in [0.5, 0.6) is 5.75 Å². The maximum Gasteiger partial charge on any atom is 0.387 e. The molecular weight excluding hydrogens is 338 g/mol. The van der Waals surface area contributed by atoms with Gasteiger partial charge < -0.3 is 10.1 Å². The quantitative estimate of drug-likeness (QED) is 0.704. The first-order valence-electron chi connectivity index (χ1n) is 8.36. The molecule has 0 atom stereocenters. The van der Waals surface area contributed by atoms with Gasteiger partial charge in [0.25, 0.3) is 5.91 Å². The van der Waals surface area contributed by atoms with Gasteiger partial charge in [-0.05, 0) is 37.1 Å². The van der Waals surface area contributed by atoms with Gasteiger partial charge in [0.1, 0.15) is 5.75 Å². The summed E-state index contributed by atoms with van der Waals surface area (Å²) in [6, 6.07) is 15.3. The number of pyridine rings is 1. The number of benzene rings is 2. The highest BCUT2D eigenvalue weighted by molar-refractivity contribution is 6.12. The molecule has 1 aliphatic carbocycles. The molecule has 1 aliphatic rings. The van der Waals surface area contributed by atoms with Gasteiger partial charge in [0, 0.05) is 17.0 Å². The number of amides is 1. The molecule has 4 nitrogen and oxygen atoms in total. The van der Waals surface area contributed by atoms with E-state index in [4.69, 9.17) is 0 Å². The number of nitrogens with one attached hydrogen (secondary N) is 1. The SMILES string of the molecule is O=C(Nc1ccccc1OC(F)F)c1cc(C2CC2)nc2ccccc12. The lowest BCUT2D eigenvalue weighted by Crippen LogP contribution is -2.15. The molecule has 1 saturated carbocycles. The molecule has 0 unspecified atom stereocenters. The van der Waals surface area contributed by atoms with Crippen LogP contribution >= 0.6 is 0 Å². The third-order valence-corrected chi connectivity index (χ3v) is 4.33. The van der Waals surface area contributed by atoms with E-state index in [1.54, 1.807) is 18.2 Å². The van der Waals surface area contributed by atoms with Crippen LogP contribution in [-0.2, 0) is 0 Å². The number of fused-ring (bicyclic) bond motifs is 1. The molecule has 4 rings (SSSR count). The van der Waals surface area contributed by atoms with Crippen LogP contribution in [0.25, 0.3) is 10.9 Å². The molecule has 132 valence electrons. The summed E-state index contributed by atoms with van der Waals surface area (Å²) in [4.78, 5) is 17.5. The lowest BCUT2D eigenvalue weighted by molar-refractivity contribution is -0.0493. The minimum absolute atomic E-state index is 0.0726. The van der Waals surface area contributed by atoms with Crippen LogP contribution in [0.1, 0.15) is 34.8 Å². The van der Waals surface area contributed by atoms with Crippen LogP contribution in [-0.4, -0.2) is 17.5 Å². The summed E-state index contributed by atoms with van der Waals surface area (Å²) in [7, 11) is 0. The van der Waals surface area contributed by atoms with Gasteiger partial charge in [0.15, 0.2) is 0 Å². The Kier molecular flexibility index (Phi) is 4.24. The molecule has 0 spiro atoms. The molecule has 3 aromatic rings. The fraction of sp³-hybridized carbons (Fsp3) is 0.200. The second-order valence-corrected chi connectivity index (χ2v) is 6.21. The Balaban J connectivity index is 1.71. The zero-order chi connectivity index (χ0) is 18.1. The molecule has 6 heteroatoms. The minimum Gasteiger partial charge on any atom is -0.433 e. The molecule has 26 heavy (non-hydrogen) atoms. The van der Waals surface area contributed by atoms with Crippen molar-refractivity contribution in [2.45, 2.75) is 25.4 Å². The average Bonchev–Trinajstić information content (AvgIpc) is 3.47. The smallest absolute Gasteiger partial charge is 0.387 e. The fourth-order valence-corrected chi connectivity index (χ4v) is 2.93. The molecular formula is C20H16F2N2O2. The Morgan fingerprint density at radius 2 is 1.85 bits per heavy atom. The topological polar surface area (TPSA) is 51.2 Å². The lowest BCUT2D eigenvalue weighted by atomic mass is 10.1. The fourth-order valence-electron chi connectivity index (χ4n) is 2.93. The number of hydrogen-bond acceptors (Lipinski definition) is 3. The van der Waals surface area contributed by atoms with Gasteiger partial charge in [0.05, 0.1) is 16.8 Å². The third-order valence-electron chi connectivity index (χ3n) is 4.33. The highest BCUT2D eigenvalue weighted by Crippen LogP contribution is 2.40. The number of para-hydroxylation sites is 3. The summed E-state index contributed by atoms with van der Waals surface area (Å²) in [5, 5.41) is 3.41. The van der Waals surface area contributed by atoms with Gasteiger partial charge in [-0.15, -0.1) is 0 Å². The zero-order valence-electron chi connectivity index (χ0n) is 13.8. The number of carbonyl (C=O) groups is 1. The van der Waals surface area contributed by atoms with Crippen molar-refractivity contribution in [3.05, 3.63) is 65.9 Å². The van der Waals surface area contributed by atoms with E-state index < -0.39 is 6.61 Å². The molecule has 0 bridgehead atoms. The van der Waals surface area contributed by atoms with E-state index in [1.807, 2.05) is 24.3 Å². The summed E-state index contributed by atoms with van der Waals surface area (Å²) < 4.78 is 29.6. The zero-order valence-corrected chi connectivity index (χ0v) is 13.8. The summed E-state index contributed by atoms with van der Waals surface area (Å²) >= 11 is 0. The summed E-state index contributed by atoms with van der Waals surface area (Å²) in [5.41, 5.74) is 2.32. The van der Waals surface area contributed by atoms with Crippen molar-refractivity contribution in [2.75, 3.05) is 5.32 Å². The number of alkyl halides is 2. The molecule has 0 saturated heterocycles. The van der Waals surface area contributed by atoms with Crippen molar-refractivity contribution in [1.82, 2.24) is 4.98 Å². The standard InChI is InChI=1S/C20H16F2N2O2/c21-20(22)26-18-8-4-3-7-16(18)24-19(25)14-11-17(12-9-10-12)23-15-6-2-1-5-13(14)15/h1-8,11-12,20H,9-10H2,(H,24,25). The average molecular weight is 354 g/mol. The lowest BCUT2D eigenvalue weighted by Gasteiger charge is -2.13. The second kappa shape index (κ2) is 6.71. The first-order valence-corrected chi connectivity index (χ1v) is 8.36. The van der Waals surface area contributed by atoms with Crippen LogP contribution in [0.2, 0.25) is 0 Å². The number of anilines is 1. The van der Waals surface area contributed by atoms with E-state index in [0.717, 1.165) is 29.4 Å². The Labute approximate surface area is 148 Å². The number of rotatable bonds is 5. The van der Waals surface area contributed by atoms with E-state index in [9.17, 15) is 13.6 Å². The van der Waals surface area contributed by atoms with Gasteiger partial charge >= 0.3 is 6.61 Å². The Hall–Kier alpha value is -3.02. The third kappa shape index (κ3) is 3.35. The Morgan fingerprint density at radius 3 is 2.62 bits per heavy atom. The van der Waals surface area contributed by atoms with Crippen molar-refractivity contribution < 1.29 is 18.3 Å². The normalized spacial score (nSPS) is 13.8. The molecule has 0 aliphatic heterocycles. The maximum atomic E-state index is 12.9. The second-order valence-electron chi connectivity index (χ2n) is 6.21. The van der Waals surface area contributed by atoms with Gasteiger partial charge in [0.2, 0.25) is 0 Å². The Bertz CT molecular complexity index is 971. The molecule has 1 heterocycles. The maximum absolute atomic E-state index is 12.9. The first kappa shape index (κ1) is 16.4. The molecule has 1 aromatic heterocycles. The molecule has 0 radical (unpaired) electrons. The number of ether oxygens (including phenoxy) is 1. The molecule has 1 amide bonds. The van der Waals surface area contributed by atoms with E-state index in [-0.39, 0.29) is 17.3 Å². The highest BCUT2D eigenvalue weighted by atomic mass is 19.3. The van der Waals surface area contributed by atoms with E-state index in [1.165, 1.54) is 12.1 Å². The van der Waals surface area contributed by atoms with Crippen LogP contribution in [0.4, 0.5) is 14.5 Å². The van der Waals surface area contributed by atoms with Crippen LogP contribution in [0.15, 0.2) is 54.6 Å². The predicted molar refractivity (Wildman–Crippen MR) is 94.7 cm³/mol. The summed E-state index contributed by atoms with van der Waals surface area (Å²) in [6.45, 7) is -2.96. The largest absolute Gasteiger partial charge is 0.433 e. The van der Waals surface area contributed by atoms with Crippen LogP contribution in [0, 0.1) is 0 Å². The monoisotopic (exact) mass is 354 g/mol. The highest BCUT2D eigenvalue weighted by Gasteiger charge is 2.27. The molecule has 1 fully saturated rings. The van der Waals surface area contributed by atoms with Gasteiger partial charge in [-0.2, -0.15) is 8.78 Å². The summed E-state index contributed by atoms with van der Waals surface area (Å²) in [6.07, 6.45) is 2.13. The van der Waals surface area contributed by atoms with Crippen molar-refractivity contribution >= 4 is 22.5 Å². The number of nitrogens with zero attached hydrogens (tertiary/aromatic N) is 1. The number of halogens is 2.